The average molecular weight is 433 g/mol. The summed E-state index contributed by atoms with van der Waals surface area (Å²) in [6, 6.07) is 5.25. The Hall–Kier alpha value is -1.74. The third-order valence-electron chi connectivity index (χ3n) is 3.30. The molecule has 0 aromatic heterocycles. The molecule has 0 spiro atoms. The van der Waals surface area contributed by atoms with E-state index in [1.54, 1.807) is 24.3 Å². The normalized spacial score (nSPS) is 12.3. The van der Waals surface area contributed by atoms with E-state index in [0.29, 0.717) is 5.69 Å². The molecule has 1 aromatic rings. The van der Waals surface area contributed by atoms with Crippen LogP contribution >= 0.6 is 15.9 Å². The second-order valence-corrected chi connectivity index (χ2v) is 8.92. The van der Waals surface area contributed by atoms with E-state index in [9.17, 15) is 22.8 Å². The Morgan fingerprint density at radius 3 is 2.24 bits per heavy atom. The van der Waals surface area contributed by atoms with Gasteiger partial charge in [0.05, 0.1) is 11.8 Å². The summed E-state index contributed by atoms with van der Waals surface area (Å²) in [5, 5.41) is 5.07. The number of hydrogen-bond acceptors (Lipinski definition) is 5. The van der Waals surface area contributed by atoms with Crippen LogP contribution < -0.4 is 10.6 Å². The van der Waals surface area contributed by atoms with Crippen LogP contribution in [0.5, 0.6) is 0 Å². The molecule has 1 aromatic carbocycles. The summed E-state index contributed by atoms with van der Waals surface area (Å²) in [5.74, 6) is -0.749. The molecular formula is C16H21BrN2O5S. The molecule has 0 fully saturated rings. The van der Waals surface area contributed by atoms with Gasteiger partial charge in [0.2, 0.25) is 0 Å². The number of hydrogen-bond donors (Lipinski definition) is 2. The van der Waals surface area contributed by atoms with Crippen molar-refractivity contribution < 1.29 is 22.8 Å². The lowest BCUT2D eigenvalue weighted by molar-refractivity contribution is -0.124. The minimum absolute atomic E-state index is 0.0384. The fraction of sp³-hybridized carbons (Fsp3) is 0.438. The Bertz CT molecular complexity index is 731. The monoisotopic (exact) mass is 432 g/mol. The fourth-order valence-electron chi connectivity index (χ4n) is 1.98. The summed E-state index contributed by atoms with van der Waals surface area (Å²) in [4.78, 5) is 35.3. The number of amides is 2. The number of nitrogens with one attached hydrogen (secondary N) is 2. The first-order chi connectivity index (χ1) is 11.6. The molecule has 0 unspecified atom stereocenters. The molecule has 0 aliphatic heterocycles. The summed E-state index contributed by atoms with van der Waals surface area (Å²) in [7, 11) is -3.28. The van der Waals surface area contributed by atoms with Crippen LogP contribution in [0.2, 0.25) is 0 Å². The third-order valence-corrected chi connectivity index (χ3v) is 4.80. The highest BCUT2D eigenvalue weighted by molar-refractivity contribution is 9.10. The number of halogens is 1. The zero-order valence-electron chi connectivity index (χ0n) is 14.0. The number of carbonyl (C=O) groups excluding carboxylic acids is 3. The summed E-state index contributed by atoms with van der Waals surface area (Å²) in [5.41, 5.74) is 0.527. The Kier molecular flexibility index (Phi) is 8.24. The highest BCUT2D eigenvalue weighted by Crippen LogP contribution is 2.14. The summed E-state index contributed by atoms with van der Waals surface area (Å²) < 4.78 is 23.5. The summed E-state index contributed by atoms with van der Waals surface area (Å²) >= 11 is 3.28. The van der Waals surface area contributed by atoms with Gasteiger partial charge in [-0.3, -0.25) is 4.79 Å². The number of rotatable bonds is 9. The SMILES string of the molecule is CC(=O)CCC(=O)[C@H](CCS(C)(=O)=O)NC(=O)Nc1ccc(Br)cc1. The summed E-state index contributed by atoms with van der Waals surface area (Å²) in [6.45, 7) is 1.37. The Balaban J connectivity index is 2.72. The molecule has 0 heterocycles. The topological polar surface area (TPSA) is 109 Å². The molecule has 138 valence electrons. The molecule has 2 amide bonds. The van der Waals surface area contributed by atoms with Gasteiger partial charge in [-0.15, -0.1) is 0 Å². The summed E-state index contributed by atoms with van der Waals surface area (Å²) in [6.07, 6.45) is 1.04. The van der Waals surface area contributed by atoms with E-state index in [1.165, 1.54) is 6.92 Å². The first kappa shape index (κ1) is 21.3. The number of ketones is 2. The Morgan fingerprint density at radius 2 is 1.72 bits per heavy atom. The molecule has 0 saturated heterocycles. The first-order valence-corrected chi connectivity index (χ1v) is 10.4. The maximum atomic E-state index is 12.2. The predicted octanol–water partition coefficient (Wildman–Crippen LogP) is 2.31. The van der Waals surface area contributed by atoms with Crippen LogP contribution in [-0.4, -0.2) is 44.1 Å². The molecule has 0 radical (unpaired) electrons. The lowest BCUT2D eigenvalue weighted by Gasteiger charge is -2.17. The van der Waals surface area contributed by atoms with Crippen molar-refractivity contribution in [3.05, 3.63) is 28.7 Å². The van der Waals surface area contributed by atoms with Crippen LogP contribution in [-0.2, 0) is 19.4 Å². The molecule has 1 atom stereocenters. The molecule has 25 heavy (non-hydrogen) atoms. The van der Waals surface area contributed by atoms with Gasteiger partial charge in [0.15, 0.2) is 5.78 Å². The molecule has 1 rings (SSSR count). The van der Waals surface area contributed by atoms with E-state index < -0.39 is 21.9 Å². The number of anilines is 1. The van der Waals surface area contributed by atoms with Gasteiger partial charge in [-0.25, -0.2) is 13.2 Å². The first-order valence-electron chi connectivity index (χ1n) is 7.60. The van der Waals surface area contributed by atoms with Crippen molar-refractivity contribution >= 4 is 49.1 Å². The molecule has 0 aliphatic carbocycles. The van der Waals surface area contributed by atoms with E-state index >= 15 is 0 Å². The zero-order valence-corrected chi connectivity index (χ0v) is 16.4. The molecule has 2 N–H and O–H groups in total. The van der Waals surface area contributed by atoms with Gasteiger partial charge in [0.1, 0.15) is 15.6 Å². The van der Waals surface area contributed by atoms with E-state index in [1.807, 2.05) is 0 Å². The van der Waals surface area contributed by atoms with Crippen molar-refractivity contribution in [3.8, 4) is 0 Å². The molecule has 0 bridgehead atoms. The number of sulfone groups is 1. The van der Waals surface area contributed by atoms with Crippen molar-refractivity contribution in [2.24, 2.45) is 0 Å². The minimum Gasteiger partial charge on any atom is -0.328 e. The average Bonchev–Trinajstić information content (AvgIpc) is 2.50. The molecule has 9 heteroatoms. The van der Waals surface area contributed by atoms with Gasteiger partial charge >= 0.3 is 6.03 Å². The van der Waals surface area contributed by atoms with Gasteiger partial charge in [-0.1, -0.05) is 15.9 Å². The standard InChI is InChI=1S/C16H21BrN2O5S/c1-11(20)3-8-15(21)14(9-10-25(2,23)24)19-16(22)18-13-6-4-12(17)5-7-13/h4-7,14H,3,8-10H2,1-2H3,(H2,18,19,22)/t14-/m0/s1. The van der Waals surface area contributed by atoms with Crippen molar-refractivity contribution in [3.63, 3.8) is 0 Å². The second-order valence-electron chi connectivity index (χ2n) is 5.74. The highest BCUT2D eigenvalue weighted by atomic mass is 79.9. The van der Waals surface area contributed by atoms with Crippen LogP contribution in [0, 0.1) is 0 Å². The van der Waals surface area contributed by atoms with Gasteiger partial charge in [0, 0.05) is 29.3 Å². The van der Waals surface area contributed by atoms with Crippen LogP contribution in [0.15, 0.2) is 28.7 Å². The largest absolute Gasteiger partial charge is 0.328 e. The molecule has 7 nitrogen and oxygen atoms in total. The molecule has 0 aliphatic rings. The van der Waals surface area contributed by atoms with Crippen molar-refractivity contribution in [2.75, 3.05) is 17.3 Å². The van der Waals surface area contributed by atoms with Crippen LogP contribution in [0.1, 0.15) is 26.2 Å². The lowest BCUT2D eigenvalue weighted by atomic mass is 10.0. The maximum Gasteiger partial charge on any atom is 0.319 e. The van der Waals surface area contributed by atoms with Crippen LogP contribution in [0.3, 0.4) is 0 Å². The maximum absolute atomic E-state index is 12.2. The van der Waals surface area contributed by atoms with E-state index in [4.69, 9.17) is 0 Å². The van der Waals surface area contributed by atoms with E-state index in [0.717, 1.165) is 10.7 Å². The number of urea groups is 1. The number of benzene rings is 1. The van der Waals surface area contributed by atoms with Crippen LogP contribution in [0.25, 0.3) is 0 Å². The predicted molar refractivity (Wildman–Crippen MR) is 99.3 cm³/mol. The van der Waals surface area contributed by atoms with Gasteiger partial charge < -0.3 is 15.4 Å². The van der Waals surface area contributed by atoms with Gasteiger partial charge in [0.25, 0.3) is 0 Å². The second kappa shape index (κ2) is 9.67. The zero-order chi connectivity index (χ0) is 19.0. The lowest BCUT2D eigenvalue weighted by Crippen LogP contribution is -2.44. The van der Waals surface area contributed by atoms with Gasteiger partial charge in [-0.05, 0) is 37.6 Å². The van der Waals surface area contributed by atoms with Crippen molar-refractivity contribution in [1.82, 2.24) is 5.32 Å². The van der Waals surface area contributed by atoms with Crippen LogP contribution in [0.4, 0.5) is 10.5 Å². The number of carbonyl (C=O) groups is 3. The van der Waals surface area contributed by atoms with Crippen molar-refractivity contribution in [1.29, 1.82) is 0 Å². The van der Waals surface area contributed by atoms with Crippen molar-refractivity contribution in [2.45, 2.75) is 32.2 Å². The fourth-order valence-corrected chi connectivity index (χ4v) is 2.91. The van der Waals surface area contributed by atoms with E-state index in [2.05, 4.69) is 26.6 Å². The Labute approximate surface area is 155 Å². The quantitative estimate of drug-likeness (QED) is 0.621. The minimum atomic E-state index is -3.28. The highest BCUT2D eigenvalue weighted by Gasteiger charge is 2.22. The molecular weight excluding hydrogens is 412 g/mol. The Morgan fingerprint density at radius 1 is 1.12 bits per heavy atom. The number of Topliss-reactive ketones (excluding diaryl/α,β-unsaturated/α-hetero) is 2. The molecule has 0 saturated carbocycles. The van der Waals surface area contributed by atoms with E-state index in [-0.39, 0.29) is 36.6 Å². The smallest absolute Gasteiger partial charge is 0.319 e. The van der Waals surface area contributed by atoms with Gasteiger partial charge in [-0.2, -0.15) is 0 Å². The third kappa shape index (κ3) is 9.35.